The van der Waals surface area contributed by atoms with Gasteiger partial charge in [0, 0.05) is 12.5 Å². The minimum absolute atomic E-state index is 0.0968. The van der Waals surface area contributed by atoms with Crippen LogP contribution in [0.15, 0.2) is 24.3 Å². The molecule has 0 saturated carbocycles. The molecular formula is C13H17F2N5O. The smallest absolute Gasteiger partial charge is 0.387 e. The predicted octanol–water partition coefficient (Wildman–Crippen LogP) is 1.70. The largest absolute Gasteiger partial charge is 0.435 e. The number of benzene rings is 1. The highest BCUT2D eigenvalue weighted by Gasteiger charge is 2.15. The number of halogens is 2. The summed E-state index contributed by atoms with van der Waals surface area (Å²) in [6.07, 6.45) is 0.514. The average molecular weight is 297 g/mol. The molecule has 114 valence electrons. The number of aryl methyl sites for hydroxylation is 1. The predicted molar refractivity (Wildman–Crippen MR) is 72.0 cm³/mol. The van der Waals surface area contributed by atoms with E-state index in [-0.39, 0.29) is 11.8 Å². The lowest BCUT2D eigenvalue weighted by molar-refractivity contribution is -0.0499. The van der Waals surface area contributed by atoms with Gasteiger partial charge in [-0.2, -0.15) is 13.6 Å². The van der Waals surface area contributed by atoms with Gasteiger partial charge in [-0.05, 0) is 29.5 Å². The zero-order valence-corrected chi connectivity index (χ0v) is 11.8. The van der Waals surface area contributed by atoms with Crippen LogP contribution >= 0.6 is 0 Å². The third-order valence-corrected chi connectivity index (χ3v) is 2.87. The Morgan fingerprint density at radius 1 is 1.38 bits per heavy atom. The molecule has 1 aromatic heterocycles. The van der Waals surface area contributed by atoms with Crippen molar-refractivity contribution in [3.8, 4) is 5.75 Å². The van der Waals surface area contributed by atoms with E-state index in [0.717, 1.165) is 12.1 Å². The molecule has 0 aliphatic heterocycles. The van der Waals surface area contributed by atoms with Crippen molar-refractivity contribution < 1.29 is 13.5 Å². The molecule has 1 heterocycles. The second-order valence-electron chi connectivity index (χ2n) is 4.46. The highest BCUT2D eigenvalue weighted by Crippen LogP contribution is 2.22. The summed E-state index contributed by atoms with van der Waals surface area (Å²) < 4.78 is 29.0. The maximum Gasteiger partial charge on any atom is 0.387 e. The Kier molecular flexibility index (Phi) is 5.15. The summed E-state index contributed by atoms with van der Waals surface area (Å²) in [5, 5.41) is 15.1. The van der Waals surface area contributed by atoms with Crippen molar-refractivity contribution in [1.82, 2.24) is 25.5 Å². The molecule has 0 amide bonds. The van der Waals surface area contributed by atoms with E-state index in [2.05, 4.69) is 25.5 Å². The summed E-state index contributed by atoms with van der Waals surface area (Å²) in [7, 11) is 1.69. The van der Waals surface area contributed by atoms with Crippen LogP contribution < -0.4 is 10.1 Å². The first-order valence-electron chi connectivity index (χ1n) is 6.59. The number of tetrazole rings is 1. The maximum atomic E-state index is 12.3. The monoisotopic (exact) mass is 297 g/mol. The molecule has 1 N–H and O–H groups in total. The summed E-state index contributed by atoms with van der Waals surface area (Å²) in [6, 6.07) is 6.53. The van der Waals surface area contributed by atoms with Gasteiger partial charge in [-0.15, -0.1) is 10.2 Å². The van der Waals surface area contributed by atoms with Crippen molar-refractivity contribution in [2.45, 2.75) is 26.0 Å². The van der Waals surface area contributed by atoms with Crippen LogP contribution in [0, 0.1) is 0 Å². The normalized spacial score (nSPS) is 12.6. The Morgan fingerprint density at radius 3 is 2.81 bits per heavy atom. The van der Waals surface area contributed by atoms with Crippen molar-refractivity contribution in [3.05, 3.63) is 35.7 Å². The molecule has 1 atom stereocenters. The van der Waals surface area contributed by atoms with Crippen LogP contribution in [0.2, 0.25) is 0 Å². The van der Waals surface area contributed by atoms with Gasteiger partial charge in [0.15, 0.2) is 5.82 Å². The van der Waals surface area contributed by atoms with Crippen LogP contribution in [0.3, 0.4) is 0 Å². The van der Waals surface area contributed by atoms with Gasteiger partial charge in [0.2, 0.25) is 0 Å². The van der Waals surface area contributed by atoms with Crippen LogP contribution in [0.1, 0.15) is 24.4 Å². The molecule has 21 heavy (non-hydrogen) atoms. The van der Waals surface area contributed by atoms with Crippen molar-refractivity contribution in [1.29, 1.82) is 0 Å². The van der Waals surface area contributed by atoms with Crippen LogP contribution in [-0.4, -0.2) is 33.4 Å². The molecule has 0 fully saturated rings. The number of rotatable bonds is 7. The lowest BCUT2D eigenvalue weighted by Gasteiger charge is -2.17. The van der Waals surface area contributed by atoms with Crippen LogP contribution in [0.25, 0.3) is 0 Å². The highest BCUT2D eigenvalue weighted by atomic mass is 19.3. The Labute approximate surface area is 121 Å². The van der Waals surface area contributed by atoms with Gasteiger partial charge in [0.1, 0.15) is 5.75 Å². The molecular weight excluding hydrogens is 280 g/mol. The Balaban J connectivity index is 2.17. The number of nitrogens with one attached hydrogen (secondary N) is 1. The molecule has 2 rings (SSSR count). The highest BCUT2D eigenvalue weighted by molar-refractivity contribution is 5.31. The zero-order chi connectivity index (χ0) is 15.2. The molecule has 0 radical (unpaired) electrons. The Hall–Kier alpha value is -2.09. The second kappa shape index (κ2) is 7.07. The summed E-state index contributed by atoms with van der Waals surface area (Å²) in [4.78, 5) is 1.38. The number of nitrogens with zero attached hydrogens (tertiary/aromatic N) is 4. The van der Waals surface area contributed by atoms with Gasteiger partial charge in [-0.25, -0.2) is 0 Å². The van der Waals surface area contributed by atoms with E-state index < -0.39 is 6.61 Å². The van der Waals surface area contributed by atoms with Gasteiger partial charge in [0.05, 0.1) is 7.05 Å². The molecule has 0 spiro atoms. The number of hydrogen-bond acceptors (Lipinski definition) is 5. The van der Waals surface area contributed by atoms with Gasteiger partial charge in [-0.1, -0.05) is 19.1 Å². The van der Waals surface area contributed by atoms with E-state index in [9.17, 15) is 8.78 Å². The third kappa shape index (κ3) is 4.45. The van der Waals surface area contributed by atoms with E-state index in [1.165, 1.54) is 10.9 Å². The number of hydrogen-bond donors (Lipinski definition) is 1. The second-order valence-corrected chi connectivity index (χ2v) is 4.46. The summed E-state index contributed by atoms with van der Waals surface area (Å²) in [5.74, 6) is 0.723. The van der Waals surface area contributed by atoms with E-state index in [0.29, 0.717) is 12.2 Å². The molecule has 1 aromatic carbocycles. The van der Waals surface area contributed by atoms with Crippen LogP contribution in [0.4, 0.5) is 8.78 Å². The minimum Gasteiger partial charge on any atom is -0.435 e. The Morgan fingerprint density at radius 2 is 2.19 bits per heavy atom. The number of aromatic nitrogens is 4. The molecule has 8 heteroatoms. The fourth-order valence-electron chi connectivity index (χ4n) is 2.05. The molecule has 0 saturated heterocycles. The minimum atomic E-state index is -2.83. The van der Waals surface area contributed by atoms with Crippen LogP contribution in [0.5, 0.6) is 5.75 Å². The van der Waals surface area contributed by atoms with Crippen molar-refractivity contribution in [2.75, 3.05) is 6.54 Å². The maximum absolute atomic E-state index is 12.3. The zero-order valence-electron chi connectivity index (χ0n) is 11.8. The topological polar surface area (TPSA) is 64.9 Å². The number of ether oxygens (including phenoxy) is 1. The van der Waals surface area contributed by atoms with E-state index >= 15 is 0 Å². The molecule has 0 aliphatic rings. The van der Waals surface area contributed by atoms with Crippen LogP contribution in [-0.2, 0) is 13.5 Å². The van der Waals surface area contributed by atoms with Gasteiger partial charge in [-0.3, -0.25) is 0 Å². The first-order chi connectivity index (χ1) is 10.1. The van der Waals surface area contributed by atoms with Crippen molar-refractivity contribution >= 4 is 0 Å². The summed E-state index contributed by atoms with van der Waals surface area (Å²) in [5.41, 5.74) is 0.836. The summed E-state index contributed by atoms with van der Waals surface area (Å²) >= 11 is 0. The fourth-order valence-corrected chi connectivity index (χ4v) is 2.05. The van der Waals surface area contributed by atoms with Crippen molar-refractivity contribution in [3.63, 3.8) is 0 Å². The number of likely N-dealkylation sites (N-methyl/N-ethyl adjacent to an activating group) is 1. The Bertz CT molecular complexity index is 575. The van der Waals surface area contributed by atoms with Crippen molar-refractivity contribution in [2.24, 2.45) is 7.05 Å². The lowest BCUT2D eigenvalue weighted by atomic mass is 10.0. The third-order valence-electron chi connectivity index (χ3n) is 2.87. The standard InChI is InChI=1S/C13H17F2N5O/c1-3-16-11(8-12-17-19-20(2)18-12)9-5-4-6-10(7-9)21-13(14)15/h4-7,11,13,16H,3,8H2,1-2H3. The average Bonchev–Trinajstić information content (AvgIpc) is 2.83. The quantitative estimate of drug-likeness (QED) is 0.842. The lowest BCUT2D eigenvalue weighted by Crippen LogP contribution is -2.23. The van der Waals surface area contributed by atoms with Gasteiger partial charge >= 0.3 is 6.61 Å². The van der Waals surface area contributed by atoms with Gasteiger partial charge in [0.25, 0.3) is 0 Å². The SMILES string of the molecule is CCNC(Cc1nnn(C)n1)c1cccc(OC(F)F)c1. The first-order valence-corrected chi connectivity index (χ1v) is 6.59. The molecule has 2 aromatic rings. The fraction of sp³-hybridized carbons (Fsp3) is 0.462. The first kappa shape index (κ1) is 15.3. The molecule has 0 aliphatic carbocycles. The molecule has 0 bridgehead atoms. The van der Waals surface area contributed by atoms with Gasteiger partial charge < -0.3 is 10.1 Å². The number of alkyl halides is 2. The summed E-state index contributed by atoms with van der Waals surface area (Å²) in [6.45, 7) is -0.138. The van der Waals surface area contributed by atoms with E-state index in [1.807, 2.05) is 13.0 Å². The molecule has 6 nitrogen and oxygen atoms in total. The van der Waals surface area contributed by atoms with E-state index in [4.69, 9.17) is 0 Å². The molecule has 1 unspecified atom stereocenters. The van der Waals surface area contributed by atoms with E-state index in [1.54, 1.807) is 19.2 Å².